The van der Waals surface area contributed by atoms with Crippen LogP contribution in [0.15, 0.2) is 18.3 Å². The van der Waals surface area contributed by atoms with Crippen LogP contribution in [0.1, 0.15) is 56.1 Å². The highest BCUT2D eigenvalue weighted by molar-refractivity contribution is 5.81. The summed E-state index contributed by atoms with van der Waals surface area (Å²) in [5.41, 5.74) is 6.02. The molecule has 0 unspecified atom stereocenters. The summed E-state index contributed by atoms with van der Waals surface area (Å²) in [5, 5.41) is 0. The van der Waals surface area contributed by atoms with E-state index in [1.165, 1.54) is 7.11 Å². The van der Waals surface area contributed by atoms with Crippen molar-refractivity contribution in [1.82, 2.24) is 24.4 Å². The van der Waals surface area contributed by atoms with E-state index in [1.807, 2.05) is 26.0 Å². The molecule has 1 amide bonds. The van der Waals surface area contributed by atoms with Gasteiger partial charge in [-0.1, -0.05) is 20.8 Å². The number of aryl methyl sites for hydroxylation is 2. The molecular weight excluding hydrogens is 406 g/mol. The normalized spacial score (nSPS) is 12.3. The number of nitrogens with zero attached hydrogens (tertiary/aromatic N) is 5. The molecule has 172 valence electrons. The zero-order valence-corrected chi connectivity index (χ0v) is 20.3. The second-order valence-corrected chi connectivity index (χ2v) is 8.41. The highest BCUT2D eigenvalue weighted by Gasteiger charge is 2.22. The highest BCUT2D eigenvalue weighted by atomic mass is 16.5. The second-order valence-electron chi connectivity index (χ2n) is 8.41. The van der Waals surface area contributed by atoms with Gasteiger partial charge in [0, 0.05) is 25.5 Å². The van der Waals surface area contributed by atoms with Crippen molar-refractivity contribution in [3.63, 3.8) is 0 Å². The summed E-state index contributed by atoms with van der Waals surface area (Å²) in [7, 11) is 4.76. The predicted octanol–water partition coefficient (Wildman–Crippen LogP) is 4.89. The lowest BCUT2D eigenvalue weighted by molar-refractivity contribution is 0.127. The fourth-order valence-corrected chi connectivity index (χ4v) is 3.89. The van der Waals surface area contributed by atoms with Crippen LogP contribution in [-0.2, 0) is 4.74 Å². The lowest BCUT2D eigenvalue weighted by Gasteiger charge is -2.24. The molecule has 32 heavy (non-hydrogen) atoms. The van der Waals surface area contributed by atoms with Crippen molar-refractivity contribution in [2.45, 2.75) is 53.0 Å². The van der Waals surface area contributed by atoms with Crippen molar-refractivity contribution in [1.29, 1.82) is 0 Å². The summed E-state index contributed by atoms with van der Waals surface area (Å²) < 4.78 is 12.6. The number of hydrogen-bond acceptors (Lipinski definition) is 6. The average Bonchev–Trinajstić information content (AvgIpc) is 3.10. The lowest BCUT2D eigenvalue weighted by Crippen LogP contribution is -2.32. The molecule has 3 aromatic rings. The van der Waals surface area contributed by atoms with E-state index in [0.29, 0.717) is 18.3 Å². The Morgan fingerprint density at radius 3 is 2.47 bits per heavy atom. The Hall–Kier alpha value is -3.16. The van der Waals surface area contributed by atoms with Crippen molar-refractivity contribution in [2.24, 2.45) is 0 Å². The van der Waals surface area contributed by atoms with Gasteiger partial charge in [-0.15, -0.1) is 0 Å². The first-order valence-electron chi connectivity index (χ1n) is 10.9. The molecule has 0 saturated heterocycles. The molecule has 0 spiro atoms. The molecule has 0 fully saturated rings. The molecule has 3 aromatic heterocycles. The van der Waals surface area contributed by atoms with Crippen molar-refractivity contribution in [3.8, 4) is 17.1 Å². The number of hydrogen-bond donors (Lipinski definition) is 0. The minimum atomic E-state index is -0.356. The quantitative estimate of drug-likeness (QED) is 0.521. The Bertz CT molecular complexity index is 1120. The number of carbonyl (C=O) groups is 1. The van der Waals surface area contributed by atoms with Gasteiger partial charge in [0.2, 0.25) is 5.88 Å². The van der Waals surface area contributed by atoms with Gasteiger partial charge in [0.05, 0.1) is 37.2 Å². The Labute approximate surface area is 189 Å². The average molecular weight is 440 g/mol. The molecule has 8 nitrogen and oxygen atoms in total. The van der Waals surface area contributed by atoms with E-state index in [1.54, 1.807) is 19.1 Å². The summed E-state index contributed by atoms with van der Waals surface area (Å²) in [4.78, 5) is 28.1. The van der Waals surface area contributed by atoms with Gasteiger partial charge in [-0.25, -0.2) is 19.7 Å². The van der Waals surface area contributed by atoms with E-state index in [2.05, 4.69) is 36.5 Å². The Morgan fingerprint density at radius 1 is 1.16 bits per heavy atom. The first-order chi connectivity index (χ1) is 15.2. The summed E-state index contributed by atoms with van der Waals surface area (Å²) in [6.45, 7) is 10.8. The third-order valence-electron chi connectivity index (χ3n) is 5.76. The number of aromatic nitrogens is 4. The molecule has 0 aliphatic carbocycles. The van der Waals surface area contributed by atoms with Crippen LogP contribution in [0, 0.1) is 13.8 Å². The summed E-state index contributed by atoms with van der Waals surface area (Å²) in [6.07, 6.45) is 2.54. The molecule has 1 atom stereocenters. The van der Waals surface area contributed by atoms with Crippen molar-refractivity contribution in [2.75, 3.05) is 27.8 Å². The summed E-state index contributed by atoms with van der Waals surface area (Å²) >= 11 is 0. The number of carbonyl (C=O) groups excluding carboxylic acids is 1. The van der Waals surface area contributed by atoms with Crippen LogP contribution in [0.2, 0.25) is 0 Å². The molecule has 8 heteroatoms. The molecule has 0 aliphatic heterocycles. The van der Waals surface area contributed by atoms with E-state index in [9.17, 15) is 4.79 Å². The van der Waals surface area contributed by atoms with Gasteiger partial charge in [-0.2, -0.15) is 0 Å². The smallest absolute Gasteiger partial charge is 0.409 e. The molecule has 0 radical (unpaired) electrons. The highest BCUT2D eigenvalue weighted by Crippen LogP contribution is 2.33. The maximum Gasteiger partial charge on any atom is 0.409 e. The molecule has 3 heterocycles. The summed E-state index contributed by atoms with van der Waals surface area (Å²) in [5.74, 6) is 0.856. The number of amides is 1. The minimum absolute atomic E-state index is 0.0522. The molecule has 3 rings (SSSR count). The first-order valence-corrected chi connectivity index (χ1v) is 10.9. The number of rotatable bonds is 7. The van der Waals surface area contributed by atoms with Crippen molar-refractivity contribution >= 4 is 17.3 Å². The maximum atomic E-state index is 11.9. The fourth-order valence-electron chi connectivity index (χ4n) is 3.89. The largest absolute Gasteiger partial charge is 0.480 e. The van der Waals surface area contributed by atoms with E-state index in [-0.39, 0.29) is 12.1 Å². The molecule has 0 bridgehead atoms. The van der Waals surface area contributed by atoms with Crippen LogP contribution in [0.5, 0.6) is 5.88 Å². The topological polar surface area (TPSA) is 82.4 Å². The van der Waals surface area contributed by atoms with Gasteiger partial charge < -0.3 is 18.9 Å². The number of fused-ring (bicyclic) bond motifs is 1. The lowest BCUT2D eigenvalue weighted by atomic mass is 10.1. The molecule has 0 aromatic carbocycles. The van der Waals surface area contributed by atoms with Crippen LogP contribution in [0.25, 0.3) is 22.4 Å². The van der Waals surface area contributed by atoms with Gasteiger partial charge in [0.1, 0.15) is 5.52 Å². The standard InChI is InChI=1S/C24H33N5O3/c1-9-17(13-28(6)24(30)32-8)29-12-15(4)20-22(29)25-16(5)21(27-20)18-10-11-19(14(2)3)26-23(18)31-7/h10-12,14,17H,9,13H2,1-8H3/t17-/m0/s1. The third-order valence-corrected chi connectivity index (χ3v) is 5.76. The van der Waals surface area contributed by atoms with Gasteiger partial charge in [0.15, 0.2) is 5.65 Å². The van der Waals surface area contributed by atoms with Gasteiger partial charge in [0.25, 0.3) is 0 Å². The van der Waals surface area contributed by atoms with Crippen molar-refractivity contribution < 1.29 is 14.3 Å². The van der Waals surface area contributed by atoms with E-state index < -0.39 is 0 Å². The minimum Gasteiger partial charge on any atom is -0.480 e. The molecule has 0 aliphatic rings. The third kappa shape index (κ3) is 4.40. The Morgan fingerprint density at radius 2 is 1.88 bits per heavy atom. The first kappa shape index (κ1) is 23.5. The fraction of sp³-hybridized carbons (Fsp3) is 0.500. The van der Waals surface area contributed by atoms with E-state index in [0.717, 1.165) is 45.8 Å². The van der Waals surface area contributed by atoms with Crippen molar-refractivity contribution in [3.05, 3.63) is 35.3 Å². The second kappa shape index (κ2) is 9.54. The SMILES string of the molecule is CC[C@@H](CN(C)C(=O)OC)n1cc(C)c2nc(-c3ccc(C(C)C)nc3OC)c(C)nc21. The molecular formula is C24H33N5O3. The van der Waals surface area contributed by atoms with Gasteiger partial charge in [-0.3, -0.25) is 0 Å². The zero-order valence-electron chi connectivity index (χ0n) is 20.3. The molecule has 0 N–H and O–H groups in total. The van der Waals surface area contributed by atoms with Crippen LogP contribution < -0.4 is 4.74 Å². The maximum absolute atomic E-state index is 11.9. The number of ether oxygens (including phenoxy) is 2. The van der Waals surface area contributed by atoms with E-state index >= 15 is 0 Å². The van der Waals surface area contributed by atoms with Crippen LogP contribution >= 0.6 is 0 Å². The van der Waals surface area contributed by atoms with Crippen LogP contribution in [-0.4, -0.2) is 58.3 Å². The Balaban J connectivity index is 2.09. The number of methoxy groups -OCH3 is 2. The van der Waals surface area contributed by atoms with Crippen LogP contribution in [0.4, 0.5) is 4.79 Å². The Kier molecular flexibility index (Phi) is 7.01. The monoisotopic (exact) mass is 439 g/mol. The van der Waals surface area contributed by atoms with E-state index in [4.69, 9.17) is 19.4 Å². The van der Waals surface area contributed by atoms with Gasteiger partial charge >= 0.3 is 6.09 Å². The number of likely N-dealkylation sites (N-methyl/N-ethyl adjacent to an activating group) is 1. The molecule has 0 saturated carbocycles. The predicted molar refractivity (Wildman–Crippen MR) is 125 cm³/mol. The zero-order chi connectivity index (χ0) is 23.6. The van der Waals surface area contributed by atoms with Gasteiger partial charge in [-0.05, 0) is 43.9 Å². The number of pyridine rings is 1. The van der Waals surface area contributed by atoms with Crippen LogP contribution in [0.3, 0.4) is 0 Å². The summed E-state index contributed by atoms with van der Waals surface area (Å²) in [6, 6.07) is 4.08.